The number of rotatable bonds is 7. The Hall–Kier alpha value is -3.08. The lowest BCUT2D eigenvalue weighted by molar-refractivity contribution is -0.150. The van der Waals surface area contributed by atoms with Crippen LogP contribution in [-0.2, 0) is 25.7 Å². The van der Waals surface area contributed by atoms with Gasteiger partial charge in [0.15, 0.2) is 6.61 Å². The molecule has 0 aromatic carbocycles. The third-order valence-corrected chi connectivity index (χ3v) is 5.20. The average Bonchev–Trinajstić information content (AvgIpc) is 2.97. The second kappa shape index (κ2) is 9.92. The summed E-state index contributed by atoms with van der Waals surface area (Å²) in [5, 5.41) is 9.37. The van der Waals surface area contributed by atoms with E-state index in [9.17, 15) is 19.6 Å². The van der Waals surface area contributed by atoms with Crippen LogP contribution in [0.2, 0.25) is 0 Å². The number of primary amides is 1. The molecule has 1 fully saturated rings. The zero-order valence-corrected chi connectivity index (χ0v) is 17.2. The second-order valence-electron chi connectivity index (χ2n) is 7.31. The van der Waals surface area contributed by atoms with Gasteiger partial charge >= 0.3 is 5.97 Å². The van der Waals surface area contributed by atoms with Crippen LogP contribution < -0.4 is 5.73 Å². The van der Waals surface area contributed by atoms with E-state index in [1.807, 2.05) is 26.0 Å². The van der Waals surface area contributed by atoms with E-state index in [1.165, 1.54) is 11.0 Å². The van der Waals surface area contributed by atoms with Gasteiger partial charge in [0.2, 0.25) is 5.91 Å². The van der Waals surface area contributed by atoms with E-state index in [2.05, 4.69) is 11.5 Å². The molecule has 156 valence electrons. The second-order valence-corrected chi connectivity index (χ2v) is 7.31. The maximum Gasteiger partial charge on any atom is 0.349 e. The monoisotopic (exact) mass is 400 g/mol. The molecule has 0 spiro atoms. The summed E-state index contributed by atoms with van der Waals surface area (Å²) in [5.74, 6) is -2.06. The maximum atomic E-state index is 12.3. The van der Waals surface area contributed by atoms with Gasteiger partial charge in [-0.3, -0.25) is 9.59 Å². The molecule has 8 nitrogen and oxygen atoms in total. The summed E-state index contributed by atoms with van der Waals surface area (Å²) in [4.78, 5) is 37.4. The summed E-state index contributed by atoms with van der Waals surface area (Å²) in [5.41, 5.74) is 7.94. The zero-order valence-electron chi connectivity index (χ0n) is 17.2. The lowest BCUT2D eigenvalue weighted by Crippen LogP contribution is -2.45. The van der Waals surface area contributed by atoms with Gasteiger partial charge in [-0.2, -0.15) is 5.26 Å². The third kappa shape index (κ3) is 5.47. The summed E-state index contributed by atoms with van der Waals surface area (Å²) in [6, 6.07) is 3.77. The molecule has 29 heavy (non-hydrogen) atoms. The average molecular weight is 400 g/mol. The molecule has 2 rings (SSSR count). The predicted molar refractivity (Wildman–Crippen MR) is 107 cm³/mol. The van der Waals surface area contributed by atoms with E-state index in [0.29, 0.717) is 19.4 Å². The highest BCUT2D eigenvalue weighted by molar-refractivity contribution is 5.99. The van der Waals surface area contributed by atoms with Gasteiger partial charge in [0.25, 0.3) is 5.91 Å². The van der Waals surface area contributed by atoms with Gasteiger partial charge in [-0.05, 0) is 50.8 Å². The number of hydrogen-bond acceptors (Lipinski definition) is 5. The lowest BCUT2D eigenvalue weighted by atomic mass is 9.97. The highest BCUT2D eigenvalue weighted by Gasteiger charge is 2.27. The van der Waals surface area contributed by atoms with Gasteiger partial charge in [-0.15, -0.1) is 0 Å². The van der Waals surface area contributed by atoms with Crippen LogP contribution in [0.1, 0.15) is 43.1 Å². The number of nitrogens with two attached hydrogens (primary N) is 1. The summed E-state index contributed by atoms with van der Waals surface area (Å²) < 4.78 is 7.18. The van der Waals surface area contributed by atoms with Crippen molar-refractivity contribution in [3.63, 3.8) is 0 Å². The molecule has 1 saturated heterocycles. The molecule has 0 bridgehead atoms. The maximum absolute atomic E-state index is 12.3. The molecule has 8 heteroatoms. The third-order valence-electron chi connectivity index (χ3n) is 5.20. The van der Waals surface area contributed by atoms with Crippen LogP contribution >= 0.6 is 0 Å². The smallest absolute Gasteiger partial charge is 0.349 e. The SMILES string of the molecule is CCCn1c(C)cc(/C=C(\C#N)C(=O)OCC(=O)N2CCC[C@H](C(N)=O)C2)c1C. The molecular weight excluding hydrogens is 372 g/mol. The number of piperidine rings is 1. The van der Waals surface area contributed by atoms with Gasteiger partial charge in [0.05, 0.1) is 5.92 Å². The molecular formula is C21H28N4O4. The van der Waals surface area contributed by atoms with Crippen LogP contribution in [0.5, 0.6) is 0 Å². The van der Waals surface area contributed by atoms with Crippen molar-refractivity contribution >= 4 is 23.9 Å². The first-order chi connectivity index (χ1) is 13.8. The Morgan fingerprint density at radius 3 is 2.72 bits per heavy atom. The van der Waals surface area contributed by atoms with Crippen LogP contribution in [0.4, 0.5) is 0 Å². The van der Waals surface area contributed by atoms with Crippen molar-refractivity contribution in [3.8, 4) is 6.07 Å². The number of esters is 1. The number of nitriles is 1. The number of amides is 2. The normalized spacial score (nSPS) is 17.0. The van der Waals surface area contributed by atoms with Crippen LogP contribution in [0.3, 0.4) is 0 Å². The number of hydrogen-bond donors (Lipinski definition) is 1. The van der Waals surface area contributed by atoms with Crippen molar-refractivity contribution in [1.29, 1.82) is 5.26 Å². The molecule has 1 aromatic rings. The Labute approximate surface area is 170 Å². The van der Waals surface area contributed by atoms with E-state index in [1.54, 1.807) is 0 Å². The lowest BCUT2D eigenvalue weighted by Gasteiger charge is -2.30. The summed E-state index contributed by atoms with van der Waals surface area (Å²) >= 11 is 0. The molecule has 0 unspecified atom stereocenters. The van der Waals surface area contributed by atoms with E-state index in [0.717, 1.165) is 29.9 Å². The number of nitrogens with zero attached hydrogens (tertiary/aromatic N) is 3. The van der Waals surface area contributed by atoms with Crippen molar-refractivity contribution in [2.45, 2.75) is 46.6 Å². The summed E-state index contributed by atoms with van der Waals surface area (Å²) in [6.07, 6.45) is 3.79. The van der Waals surface area contributed by atoms with Gasteiger partial charge in [0, 0.05) is 31.0 Å². The van der Waals surface area contributed by atoms with Crippen LogP contribution in [-0.4, -0.2) is 46.9 Å². The van der Waals surface area contributed by atoms with Gasteiger partial charge < -0.3 is 19.9 Å². The first kappa shape index (κ1) is 22.2. The Morgan fingerprint density at radius 1 is 1.38 bits per heavy atom. The summed E-state index contributed by atoms with van der Waals surface area (Å²) in [7, 11) is 0. The van der Waals surface area contributed by atoms with Gasteiger partial charge in [-0.1, -0.05) is 6.92 Å². The predicted octanol–water partition coefficient (Wildman–Crippen LogP) is 1.69. The van der Waals surface area contributed by atoms with E-state index < -0.39 is 24.4 Å². The van der Waals surface area contributed by atoms with Crippen LogP contribution in [0.15, 0.2) is 11.6 Å². The van der Waals surface area contributed by atoms with Crippen molar-refractivity contribution in [2.75, 3.05) is 19.7 Å². The highest BCUT2D eigenvalue weighted by Crippen LogP contribution is 2.19. The van der Waals surface area contributed by atoms with E-state index >= 15 is 0 Å². The Morgan fingerprint density at radius 2 is 2.10 bits per heavy atom. The molecule has 1 aromatic heterocycles. The molecule has 0 saturated carbocycles. The summed E-state index contributed by atoms with van der Waals surface area (Å²) in [6.45, 7) is 7.09. The number of carbonyl (C=O) groups is 3. The Bertz CT molecular complexity index is 863. The Balaban J connectivity index is 2.02. The quantitative estimate of drug-likeness (QED) is 0.424. The molecule has 2 N–H and O–H groups in total. The standard InChI is InChI=1S/C21H28N4O4/c1-4-7-25-14(2)9-17(15(25)3)10-18(11-22)21(28)29-13-19(26)24-8-5-6-16(12-24)20(23)27/h9-10,16H,4-8,12-13H2,1-3H3,(H2,23,27)/b18-10+/t16-/m0/s1. The molecule has 0 aliphatic carbocycles. The van der Waals surface area contributed by atoms with Gasteiger partial charge in [-0.25, -0.2) is 4.79 Å². The molecule has 1 atom stereocenters. The van der Waals surface area contributed by atoms with E-state index in [-0.39, 0.29) is 18.0 Å². The first-order valence-electron chi connectivity index (χ1n) is 9.81. The fourth-order valence-electron chi connectivity index (χ4n) is 3.57. The zero-order chi connectivity index (χ0) is 21.6. The van der Waals surface area contributed by atoms with Crippen molar-refractivity contribution in [3.05, 3.63) is 28.6 Å². The van der Waals surface area contributed by atoms with E-state index in [4.69, 9.17) is 10.5 Å². The fourth-order valence-corrected chi connectivity index (χ4v) is 3.57. The topological polar surface area (TPSA) is 118 Å². The van der Waals surface area contributed by atoms with Crippen molar-refractivity contribution in [1.82, 2.24) is 9.47 Å². The number of ether oxygens (including phenoxy) is 1. The van der Waals surface area contributed by atoms with Crippen molar-refractivity contribution < 1.29 is 19.1 Å². The number of aromatic nitrogens is 1. The number of carbonyl (C=O) groups excluding carboxylic acids is 3. The fraction of sp³-hybridized carbons (Fsp3) is 0.524. The number of likely N-dealkylation sites (tertiary alicyclic amines) is 1. The molecule has 0 radical (unpaired) electrons. The minimum atomic E-state index is -0.843. The first-order valence-corrected chi connectivity index (χ1v) is 9.81. The Kier molecular flexibility index (Phi) is 7.59. The van der Waals surface area contributed by atoms with Gasteiger partial charge in [0.1, 0.15) is 11.6 Å². The minimum absolute atomic E-state index is 0.164. The largest absolute Gasteiger partial charge is 0.451 e. The highest BCUT2D eigenvalue weighted by atomic mass is 16.5. The molecule has 2 heterocycles. The molecule has 1 aliphatic rings. The minimum Gasteiger partial charge on any atom is -0.451 e. The molecule has 2 amide bonds. The molecule has 1 aliphatic heterocycles. The van der Waals surface area contributed by atoms with Crippen LogP contribution in [0, 0.1) is 31.1 Å². The van der Waals surface area contributed by atoms with Crippen molar-refractivity contribution in [2.24, 2.45) is 11.7 Å². The number of aryl methyl sites for hydroxylation is 1. The van der Waals surface area contributed by atoms with Crippen LogP contribution in [0.25, 0.3) is 6.08 Å².